The van der Waals surface area contributed by atoms with Crippen molar-refractivity contribution in [3.8, 4) is 5.75 Å². The zero-order valence-corrected chi connectivity index (χ0v) is 14.5. The molecular formula is C18H25N3O3. The van der Waals surface area contributed by atoms with Crippen LogP contribution in [-0.4, -0.2) is 24.3 Å². The molecular weight excluding hydrogens is 306 g/mol. The molecule has 3 N–H and O–H groups in total. The molecule has 1 spiro atoms. The number of rotatable bonds is 1. The van der Waals surface area contributed by atoms with Crippen LogP contribution >= 0.6 is 0 Å². The molecule has 4 rings (SSSR count). The van der Waals surface area contributed by atoms with Gasteiger partial charge in [0.25, 0.3) is 0 Å². The van der Waals surface area contributed by atoms with Gasteiger partial charge in [0.05, 0.1) is 11.2 Å². The van der Waals surface area contributed by atoms with E-state index >= 15 is 0 Å². The van der Waals surface area contributed by atoms with Crippen molar-refractivity contribution in [1.82, 2.24) is 5.48 Å². The van der Waals surface area contributed by atoms with Gasteiger partial charge in [-0.15, -0.1) is 0 Å². The summed E-state index contributed by atoms with van der Waals surface area (Å²) in [6.45, 7) is 7.09. The molecule has 1 saturated heterocycles. The predicted molar refractivity (Wildman–Crippen MR) is 90.5 cm³/mol. The smallest absolute Gasteiger partial charge is 0.221 e. The van der Waals surface area contributed by atoms with Gasteiger partial charge < -0.3 is 15.2 Å². The standard InChI is InChI=1S/C18H25N3O3/c1-11-4-5-14-13(8-11)18(20-16(19)21-24-18)10-15(23-14)12-6-7-22-17(2,3)9-12/h4-5,8,12,15H,6-7,9-10H2,1-3H3,(H3,19,20,21). The van der Waals surface area contributed by atoms with Crippen molar-refractivity contribution in [1.29, 1.82) is 0 Å². The van der Waals surface area contributed by atoms with E-state index in [-0.39, 0.29) is 11.7 Å². The molecule has 1 aromatic carbocycles. The zero-order valence-electron chi connectivity index (χ0n) is 14.5. The Morgan fingerprint density at radius 1 is 1.29 bits per heavy atom. The number of hydrogen-bond acceptors (Lipinski definition) is 6. The van der Waals surface area contributed by atoms with Crippen LogP contribution in [0.5, 0.6) is 5.75 Å². The molecule has 3 heterocycles. The van der Waals surface area contributed by atoms with Gasteiger partial charge in [0.15, 0.2) is 0 Å². The van der Waals surface area contributed by atoms with Crippen LogP contribution in [0.2, 0.25) is 0 Å². The summed E-state index contributed by atoms with van der Waals surface area (Å²) in [6, 6.07) is 6.14. The number of benzene rings is 1. The fourth-order valence-corrected chi connectivity index (χ4v) is 4.08. The lowest BCUT2D eigenvalue weighted by Gasteiger charge is -2.43. The summed E-state index contributed by atoms with van der Waals surface area (Å²) in [5.41, 5.74) is 9.75. The maximum Gasteiger partial charge on any atom is 0.221 e. The molecule has 3 atom stereocenters. The largest absolute Gasteiger partial charge is 0.489 e. The summed E-state index contributed by atoms with van der Waals surface area (Å²) in [5, 5.41) is 0. The molecule has 0 aliphatic carbocycles. The van der Waals surface area contributed by atoms with E-state index in [1.807, 2.05) is 6.07 Å². The van der Waals surface area contributed by atoms with Gasteiger partial charge in [-0.3, -0.25) is 0 Å². The first-order valence-electron chi connectivity index (χ1n) is 8.58. The predicted octanol–water partition coefficient (Wildman–Crippen LogP) is 2.35. The van der Waals surface area contributed by atoms with Crippen molar-refractivity contribution in [2.45, 2.75) is 57.5 Å². The Morgan fingerprint density at radius 2 is 2.12 bits per heavy atom. The topological polar surface area (TPSA) is 78.1 Å². The lowest BCUT2D eigenvalue weighted by molar-refractivity contribution is -0.131. The molecule has 3 aliphatic heterocycles. The van der Waals surface area contributed by atoms with E-state index in [0.717, 1.165) is 36.3 Å². The molecule has 0 bridgehead atoms. The second-order valence-electron chi connectivity index (χ2n) is 7.71. The third-order valence-electron chi connectivity index (χ3n) is 5.20. The van der Waals surface area contributed by atoms with Crippen molar-refractivity contribution in [2.24, 2.45) is 16.6 Å². The van der Waals surface area contributed by atoms with Gasteiger partial charge in [-0.05, 0) is 45.7 Å². The van der Waals surface area contributed by atoms with E-state index in [1.54, 1.807) is 0 Å². The second kappa shape index (κ2) is 5.36. The molecule has 6 nitrogen and oxygen atoms in total. The van der Waals surface area contributed by atoms with Crippen LogP contribution in [0, 0.1) is 12.8 Å². The third kappa shape index (κ3) is 2.63. The molecule has 1 fully saturated rings. The van der Waals surface area contributed by atoms with E-state index in [4.69, 9.17) is 20.0 Å². The maximum atomic E-state index is 6.37. The first kappa shape index (κ1) is 15.7. The van der Waals surface area contributed by atoms with Crippen LogP contribution in [0.3, 0.4) is 0 Å². The van der Waals surface area contributed by atoms with Crippen molar-refractivity contribution in [2.75, 3.05) is 6.61 Å². The van der Waals surface area contributed by atoms with Crippen LogP contribution in [0.15, 0.2) is 23.2 Å². The average Bonchev–Trinajstić information content (AvgIpc) is 2.88. The molecule has 1 aromatic rings. The third-order valence-corrected chi connectivity index (χ3v) is 5.20. The highest BCUT2D eigenvalue weighted by atomic mass is 16.7. The van der Waals surface area contributed by atoms with E-state index in [0.29, 0.717) is 18.3 Å². The highest BCUT2D eigenvalue weighted by molar-refractivity contribution is 5.78. The van der Waals surface area contributed by atoms with Crippen LogP contribution in [0.25, 0.3) is 0 Å². The van der Waals surface area contributed by atoms with Gasteiger partial charge in [-0.1, -0.05) is 11.6 Å². The Balaban J connectivity index is 1.70. The fourth-order valence-electron chi connectivity index (χ4n) is 4.08. The minimum absolute atomic E-state index is 0.0276. The summed E-state index contributed by atoms with van der Waals surface area (Å²) in [7, 11) is 0. The number of aliphatic imine (C=N–C) groups is 1. The lowest BCUT2D eigenvalue weighted by atomic mass is 9.79. The first-order valence-corrected chi connectivity index (χ1v) is 8.58. The van der Waals surface area contributed by atoms with E-state index in [9.17, 15) is 0 Å². The van der Waals surface area contributed by atoms with Crippen molar-refractivity contribution in [3.05, 3.63) is 29.3 Å². The number of ether oxygens (including phenoxy) is 2. The Labute approximate surface area is 142 Å². The zero-order chi connectivity index (χ0) is 16.9. The molecule has 3 unspecified atom stereocenters. The van der Waals surface area contributed by atoms with Crippen LogP contribution in [0.1, 0.15) is 44.2 Å². The average molecular weight is 331 g/mol. The molecule has 3 aliphatic rings. The molecule has 0 radical (unpaired) electrons. The number of hydroxylamine groups is 1. The number of aryl methyl sites for hydroxylation is 1. The quantitative estimate of drug-likeness (QED) is 0.826. The van der Waals surface area contributed by atoms with Crippen LogP contribution in [-0.2, 0) is 15.3 Å². The minimum atomic E-state index is -0.795. The van der Waals surface area contributed by atoms with Gasteiger partial charge in [-0.2, -0.15) is 0 Å². The van der Waals surface area contributed by atoms with Gasteiger partial charge in [0, 0.05) is 18.9 Å². The number of nitrogens with one attached hydrogen (secondary N) is 1. The number of hydrogen-bond donors (Lipinski definition) is 2. The Morgan fingerprint density at radius 3 is 2.83 bits per heavy atom. The minimum Gasteiger partial charge on any atom is -0.489 e. The molecule has 130 valence electrons. The Bertz CT molecular complexity index is 688. The van der Waals surface area contributed by atoms with Gasteiger partial charge in [0.2, 0.25) is 11.7 Å². The van der Waals surface area contributed by atoms with Crippen LogP contribution < -0.4 is 16.0 Å². The van der Waals surface area contributed by atoms with Crippen molar-refractivity contribution in [3.63, 3.8) is 0 Å². The van der Waals surface area contributed by atoms with E-state index < -0.39 is 5.72 Å². The van der Waals surface area contributed by atoms with Gasteiger partial charge >= 0.3 is 0 Å². The van der Waals surface area contributed by atoms with Gasteiger partial charge in [0.1, 0.15) is 11.9 Å². The van der Waals surface area contributed by atoms with E-state index in [1.165, 1.54) is 0 Å². The summed E-state index contributed by atoms with van der Waals surface area (Å²) >= 11 is 0. The molecule has 6 heteroatoms. The summed E-state index contributed by atoms with van der Waals surface area (Å²) in [4.78, 5) is 10.5. The summed E-state index contributed by atoms with van der Waals surface area (Å²) in [5.74, 6) is 1.55. The number of nitrogens with two attached hydrogens (primary N) is 1. The normalized spacial score (nSPS) is 34.2. The molecule has 0 aromatic heterocycles. The van der Waals surface area contributed by atoms with Gasteiger partial charge in [-0.25, -0.2) is 15.3 Å². The monoisotopic (exact) mass is 331 g/mol. The molecule has 0 saturated carbocycles. The molecule has 0 amide bonds. The van der Waals surface area contributed by atoms with Crippen molar-refractivity contribution < 1.29 is 14.3 Å². The SMILES string of the molecule is Cc1ccc2c(c1)C1(CC(C3CCOC(C)(C)C3)O2)N=C(N)NO1. The number of nitrogens with zero attached hydrogens (tertiary/aromatic N) is 1. The summed E-state index contributed by atoms with van der Waals surface area (Å²) in [6.07, 6.45) is 2.62. The fraction of sp³-hybridized carbons (Fsp3) is 0.611. The maximum absolute atomic E-state index is 6.37. The number of fused-ring (bicyclic) bond motifs is 2. The number of guanidine groups is 1. The van der Waals surface area contributed by atoms with Crippen molar-refractivity contribution >= 4 is 5.96 Å². The van der Waals surface area contributed by atoms with E-state index in [2.05, 4.69) is 43.4 Å². The molecule has 24 heavy (non-hydrogen) atoms. The first-order chi connectivity index (χ1) is 11.4. The highest BCUT2D eigenvalue weighted by Gasteiger charge is 2.49. The second-order valence-corrected chi connectivity index (χ2v) is 7.71. The Kier molecular flexibility index (Phi) is 3.51. The Hall–Kier alpha value is -1.79. The lowest BCUT2D eigenvalue weighted by Crippen LogP contribution is -2.46. The summed E-state index contributed by atoms with van der Waals surface area (Å²) < 4.78 is 12.2. The highest BCUT2D eigenvalue weighted by Crippen LogP contribution is 2.47. The van der Waals surface area contributed by atoms with Crippen LogP contribution in [0.4, 0.5) is 0 Å².